The predicted molar refractivity (Wildman–Crippen MR) is 296 cm³/mol. The molecule has 2 N–H and O–H groups in total. The first-order valence-corrected chi connectivity index (χ1v) is 30.5. The number of ether oxygens (including phenoxy) is 12. The third-order valence-corrected chi connectivity index (χ3v) is 13.0. The molecule has 0 heterocycles. The molecule has 3 atom stereocenters. The SMILES string of the molecule is CCCCCOC(OCCCCC)(OC(=O)CC[C@H](N)C(=O)OC(OCCCCC)(OCCCCC)C(OCCCCC)(OCCCCC)C(CC)OCC)C(OCCCCC)(OCCCCC)C(CC)OCC. The van der Waals surface area contributed by atoms with Crippen LogP contribution in [0.4, 0.5) is 0 Å². The van der Waals surface area contributed by atoms with E-state index in [2.05, 4.69) is 55.4 Å². The number of hydrogen-bond donors (Lipinski definition) is 1. The fraction of sp³-hybridized carbons (Fsp3) is 0.966. The third-order valence-electron chi connectivity index (χ3n) is 13.0. The molecule has 0 aliphatic rings. The van der Waals surface area contributed by atoms with E-state index in [0.29, 0.717) is 51.7 Å². The van der Waals surface area contributed by atoms with Crippen LogP contribution in [0.15, 0.2) is 0 Å². The average molecular weight is 1060 g/mol. The first-order chi connectivity index (χ1) is 35.9. The van der Waals surface area contributed by atoms with Crippen LogP contribution in [0.2, 0.25) is 0 Å². The van der Waals surface area contributed by atoms with Gasteiger partial charge in [-0.15, -0.1) is 0 Å². The van der Waals surface area contributed by atoms with Gasteiger partial charge >= 0.3 is 23.9 Å². The molecule has 442 valence electrons. The number of rotatable bonds is 56. The molecule has 0 aliphatic carbocycles. The van der Waals surface area contributed by atoms with E-state index in [0.717, 1.165) is 128 Å². The first-order valence-electron chi connectivity index (χ1n) is 30.5. The van der Waals surface area contributed by atoms with Crippen LogP contribution >= 0.6 is 0 Å². The van der Waals surface area contributed by atoms with Crippen molar-refractivity contribution in [3.05, 3.63) is 0 Å². The van der Waals surface area contributed by atoms with Crippen molar-refractivity contribution in [3.8, 4) is 0 Å². The zero-order chi connectivity index (χ0) is 55.2. The number of esters is 2. The van der Waals surface area contributed by atoms with Crippen molar-refractivity contribution in [1.29, 1.82) is 0 Å². The van der Waals surface area contributed by atoms with E-state index >= 15 is 0 Å². The Bertz CT molecular complexity index is 1240. The van der Waals surface area contributed by atoms with Crippen molar-refractivity contribution in [2.75, 3.05) is 66.1 Å². The normalized spacial score (nSPS) is 13.9. The molecular formula is C59H117NO14. The molecule has 0 spiro atoms. The second-order valence-corrected chi connectivity index (χ2v) is 19.6. The van der Waals surface area contributed by atoms with Crippen molar-refractivity contribution in [3.63, 3.8) is 0 Å². The van der Waals surface area contributed by atoms with E-state index in [9.17, 15) is 9.59 Å². The van der Waals surface area contributed by atoms with Crippen LogP contribution in [0, 0.1) is 0 Å². The molecule has 0 radical (unpaired) electrons. The highest BCUT2D eigenvalue weighted by atomic mass is 16.9. The van der Waals surface area contributed by atoms with Gasteiger partial charge in [-0.1, -0.05) is 172 Å². The quantitative estimate of drug-likeness (QED) is 0.0346. The Hall–Kier alpha value is -1.50. The molecular weight excluding hydrogens is 947 g/mol. The Kier molecular flexibility index (Phi) is 45.5. The number of hydrogen-bond acceptors (Lipinski definition) is 15. The molecule has 0 saturated carbocycles. The molecule has 0 amide bonds. The van der Waals surface area contributed by atoms with E-state index in [1.807, 2.05) is 27.7 Å². The first kappa shape index (κ1) is 72.5. The van der Waals surface area contributed by atoms with E-state index in [-0.39, 0.29) is 65.7 Å². The summed E-state index contributed by atoms with van der Waals surface area (Å²) in [7, 11) is 0. The topological polar surface area (TPSA) is 171 Å². The highest BCUT2D eigenvalue weighted by molar-refractivity contribution is 5.77. The maximum atomic E-state index is 14.9. The van der Waals surface area contributed by atoms with Gasteiger partial charge in [-0.3, -0.25) is 9.59 Å². The van der Waals surface area contributed by atoms with Gasteiger partial charge in [0.05, 0.1) is 52.9 Å². The Morgan fingerprint density at radius 2 is 0.622 bits per heavy atom. The molecule has 0 bridgehead atoms. The minimum absolute atomic E-state index is 0.171. The van der Waals surface area contributed by atoms with Gasteiger partial charge in [-0.05, 0) is 84.5 Å². The lowest BCUT2D eigenvalue weighted by Crippen LogP contribution is -2.70. The molecule has 15 nitrogen and oxygen atoms in total. The monoisotopic (exact) mass is 1060 g/mol. The van der Waals surface area contributed by atoms with Crippen LogP contribution in [0.5, 0.6) is 0 Å². The van der Waals surface area contributed by atoms with Gasteiger partial charge in [-0.25, -0.2) is 0 Å². The summed E-state index contributed by atoms with van der Waals surface area (Å²) in [5.41, 5.74) is 6.85. The van der Waals surface area contributed by atoms with Gasteiger partial charge in [0.2, 0.25) is 0 Å². The third kappa shape index (κ3) is 26.4. The molecule has 0 fully saturated rings. The number of nitrogens with two attached hydrogens (primary N) is 1. The minimum atomic E-state index is -2.23. The van der Waals surface area contributed by atoms with Crippen molar-refractivity contribution in [1.82, 2.24) is 0 Å². The highest BCUT2D eigenvalue weighted by Gasteiger charge is 2.67. The van der Waals surface area contributed by atoms with E-state index in [4.69, 9.17) is 62.6 Å². The zero-order valence-corrected chi connectivity index (χ0v) is 49.9. The van der Waals surface area contributed by atoms with Gasteiger partial charge in [0.25, 0.3) is 11.6 Å². The van der Waals surface area contributed by atoms with E-state index in [1.54, 1.807) is 0 Å². The molecule has 0 rings (SSSR count). The van der Waals surface area contributed by atoms with Crippen LogP contribution in [-0.4, -0.2) is 120 Å². The summed E-state index contributed by atoms with van der Waals surface area (Å²) in [6.07, 6.45) is 19.3. The van der Waals surface area contributed by atoms with E-state index < -0.39 is 53.7 Å². The fourth-order valence-corrected chi connectivity index (χ4v) is 8.68. The predicted octanol–water partition coefficient (Wildman–Crippen LogP) is 14.2. The van der Waals surface area contributed by atoms with Crippen LogP contribution in [0.25, 0.3) is 0 Å². The summed E-state index contributed by atoms with van der Waals surface area (Å²) in [5.74, 6) is -9.66. The van der Waals surface area contributed by atoms with Crippen LogP contribution < -0.4 is 5.73 Å². The number of carbonyl (C=O) groups is 2. The molecule has 0 saturated heterocycles. The van der Waals surface area contributed by atoms with Gasteiger partial charge in [-0.2, -0.15) is 0 Å². The number of unbranched alkanes of at least 4 members (excludes halogenated alkanes) is 16. The highest BCUT2D eigenvalue weighted by Crippen LogP contribution is 2.43. The average Bonchev–Trinajstić information content (AvgIpc) is 3.40. The molecule has 0 aromatic rings. The molecule has 0 aromatic heterocycles. The Balaban J connectivity index is 7.87. The summed E-state index contributed by atoms with van der Waals surface area (Å²) in [6, 6.07) is -1.34. The zero-order valence-electron chi connectivity index (χ0n) is 49.9. The fourth-order valence-electron chi connectivity index (χ4n) is 8.68. The summed E-state index contributed by atoms with van der Waals surface area (Å²) < 4.78 is 81.2. The minimum Gasteiger partial charge on any atom is -0.403 e. The van der Waals surface area contributed by atoms with Crippen LogP contribution in [0.3, 0.4) is 0 Å². The maximum absolute atomic E-state index is 14.9. The molecule has 2 unspecified atom stereocenters. The van der Waals surface area contributed by atoms with Gasteiger partial charge in [0, 0.05) is 19.6 Å². The Morgan fingerprint density at radius 1 is 0.365 bits per heavy atom. The molecule has 74 heavy (non-hydrogen) atoms. The maximum Gasteiger partial charge on any atom is 0.389 e. The molecule has 15 heteroatoms. The van der Waals surface area contributed by atoms with Gasteiger partial charge in [0.1, 0.15) is 18.2 Å². The number of carbonyl (C=O) groups excluding carboxylic acids is 2. The standard InChI is InChI=1S/C59H117NO14/c1-13-25-33-43-65-56(52(21-9)63-23-11,66-44-34-26-14-2)58(69-47-37-29-17-5,70-48-38-30-18-6)73-54(61)42-41-51(60)55(62)74-59(71-49-39-31-19-7,72-50-40-32-20-8)57(53(22-10)64-24-12,67-45-35-27-15-3)68-46-36-28-16-4/h51-53H,13-50,60H2,1-12H3/t51-,52?,53?/m0/s1. The summed E-state index contributed by atoms with van der Waals surface area (Å²) >= 11 is 0. The Morgan fingerprint density at radius 3 is 0.865 bits per heavy atom. The van der Waals surface area contributed by atoms with Gasteiger partial charge < -0.3 is 62.6 Å². The van der Waals surface area contributed by atoms with Crippen molar-refractivity contribution in [2.24, 2.45) is 5.73 Å². The summed E-state index contributed by atoms with van der Waals surface area (Å²) in [5, 5.41) is 0. The second-order valence-electron chi connectivity index (χ2n) is 19.6. The lowest BCUT2D eigenvalue weighted by molar-refractivity contribution is -0.502. The molecule has 0 aromatic carbocycles. The van der Waals surface area contributed by atoms with Gasteiger partial charge in [0.15, 0.2) is 0 Å². The van der Waals surface area contributed by atoms with E-state index in [1.165, 1.54) is 0 Å². The smallest absolute Gasteiger partial charge is 0.389 e. The largest absolute Gasteiger partial charge is 0.403 e. The second kappa shape index (κ2) is 46.4. The van der Waals surface area contributed by atoms with Crippen LogP contribution in [0.1, 0.15) is 263 Å². The lowest BCUT2D eigenvalue weighted by Gasteiger charge is -2.50. The summed E-state index contributed by atoms with van der Waals surface area (Å²) in [6.45, 7) is 27.3. The lowest BCUT2D eigenvalue weighted by atomic mass is 10.0. The van der Waals surface area contributed by atoms with Crippen LogP contribution in [-0.2, 0) is 66.4 Å². The Labute approximate surface area is 453 Å². The van der Waals surface area contributed by atoms with Crippen molar-refractivity contribution < 1.29 is 66.4 Å². The summed E-state index contributed by atoms with van der Waals surface area (Å²) in [4.78, 5) is 29.7. The van der Waals surface area contributed by atoms with Crippen molar-refractivity contribution in [2.45, 2.75) is 305 Å². The molecule has 0 aliphatic heterocycles. The van der Waals surface area contributed by atoms with Crippen molar-refractivity contribution >= 4 is 11.9 Å².